The Balaban J connectivity index is 1.24. The van der Waals surface area contributed by atoms with E-state index in [4.69, 9.17) is 4.52 Å². The van der Waals surface area contributed by atoms with Crippen molar-refractivity contribution in [1.29, 1.82) is 0 Å². The lowest BCUT2D eigenvalue weighted by molar-refractivity contribution is -0.140. The van der Waals surface area contributed by atoms with Crippen molar-refractivity contribution < 1.29 is 23.3 Å². The fourth-order valence-corrected chi connectivity index (χ4v) is 4.43. The normalized spacial score (nSPS) is 17.9. The molecule has 2 fully saturated rings. The fourth-order valence-electron chi connectivity index (χ4n) is 4.43. The number of fused-ring (bicyclic) bond motifs is 1. The van der Waals surface area contributed by atoms with Gasteiger partial charge in [0, 0.05) is 76.4 Å². The number of piperidine rings is 1. The molecule has 166 valence electrons. The minimum Gasteiger partial charge on any atom is -0.356 e. The lowest BCUT2D eigenvalue weighted by Gasteiger charge is -2.34. The van der Waals surface area contributed by atoms with Crippen molar-refractivity contribution in [3.05, 3.63) is 29.7 Å². The van der Waals surface area contributed by atoms with Crippen LogP contribution in [0.3, 0.4) is 0 Å². The van der Waals surface area contributed by atoms with Crippen LogP contribution >= 0.6 is 0 Å². The molecule has 3 heterocycles. The van der Waals surface area contributed by atoms with E-state index in [1.807, 2.05) is 0 Å². The van der Waals surface area contributed by atoms with E-state index < -0.39 is 0 Å². The van der Waals surface area contributed by atoms with Crippen LogP contribution in [0, 0.1) is 5.82 Å². The highest BCUT2D eigenvalue weighted by molar-refractivity contribution is 5.84. The van der Waals surface area contributed by atoms with E-state index in [1.54, 1.807) is 20.8 Å². The van der Waals surface area contributed by atoms with E-state index in [0.29, 0.717) is 44.9 Å². The van der Waals surface area contributed by atoms with E-state index in [0.717, 1.165) is 23.9 Å². The first-order valence-electron chi connectivity index (χ1n) is 10.8. The van der Waals surface area contributed by atoms with Crippen LogP contribution in [-0.4, -0.2) is 76.8 Å². The summed E-state index contributed by atoms with van der Waals surface area (Å²) in [6.07, 6.45) is 1.90. The molecule has 2 aromatic rings. The van der Waals surface area contributed by atoms with Crippen molar-refractivity contribution in [2.45, 2.75) is 38.5 Å². The van der Waals surface area contributed by atoms with Crippen LogP contribution in [-0.2, 0) is 14.4 Å². The van der Waals surface area contributed by atoms with E-state index in [-0.39, 0.29) is 42.3 Å². The van der Waals surface area contributed by atoms with Crippen LogP contribution in [0.15, 0.2) is 22.7 Å². The number of aromatic nitrogens is 1. The number of likely N-dealkylation sites (tertiary alicyclic amines) is 1. The molecule has 0 saturated carbocycles. The molecule has 1 aromatic heterocycles. The van der Waals surface area contributed by atoms with Crippen LogP contribution in [0.4, 0.5) is 4.39 Å². The maximum absolute atomic E-state index is 13.4. The summed E-state index contributed by atoms with van der Waals surface area (Å²) in [5, 5.41) is 4.96. The SMILES string of the molecule is CC(=O)N1CCN(C(=O)CCC(=O)N2CCC(c3noc4cc(F)ccc34)CC2)CC1. The third kappa shape index (κ3) is 4.70. The summed E-state index contributed by atoms with van der Waals surface area (Å²) in [5.41, 5.74) is 1.26. The highest BCUT2D eigenvalue weighted by atomic mass is 19.1. The minimum atomic E-state index is -0.356. The number of nitrogens with zero attached hydrogens (tertiary/aromatic N) is 4. The van der Waals surface area contributed by atoms with Gasteiger partial charge in [-0.1, -0.05) is 5.16 Å². The number of rotatable bonds is 4. The van der Waals surface area contributed by atoms with Crippen LogP contribution in [0.2, 0.25) is 0 Å². The molecule has 8 nitrogen and oxygen atoms in total. The Labute approximate surface area is 179 Å². The predicted octanol–water partition coefficient (Wildman–Crippen LogP) is 2.14. The zero-order valence-corrected chi connectivity index (χ0v) is 17.7. The highest BCUT2D eigenvalue weighted by Crippen LogP contribution is 2.33. The number of piperazine rings is 1. The van der Waals surface area contributed by atoms with Crippen molar-refractivity contribution >= 4 is 28.7 Å². The molecule has 2 aliphatic heterocycles. The Bertz CT molecular complexity index is 975. The summed E-state index contributed by atoms with van der Waals surface area (Å²) in [5.74, 6) is -0.216. The van der Waals surface area contributed by atoms with E-state index >= 15 is 0 Å². The summed E-state index contributed by atoms with van der Waals surface area (Å²) in [7, 11) is 0. The van der Waals surface area contributed by atoms with Gasteiger partial charge < -0.3 is 19.2 Å². The summed E-state index contributed by atoms with van der Waals surface area (Å²) >= 11 is 0. The molecular weight excluding hydrogens is 403 g/mol. The Morgan fingerprint density at radius 2 is 1.55 bits per heavy atom. The molecule has 0 N–H and O–H groups in total. The topological polar surface area (TPSA) is 87.0 Å². The molecule has 31 heavy (non-hydrogen) atoms. The lowest BCUT2D eigenvalue weighted by Crippen LogP contribution is -2.50. The van der Waals surface area contributed by atoms with Gasteiger partial charge in [0.2, 0.25) is 17.7 Å². The molecule has 3 amide bonds. The minimum absolute atomic E-state index is 0.0127. The third-order valence-corrected chi connectivity index (χ3v) is 6.33. The van der Waals surface area contributed by atoms with Gasteiger partial charge in [-0.05, 0) is 25.0 Å². The first-order valence-corrected chi connectivity index (χ1v) is 10.8. The van der Waals surface area contributed by atoms with Crippen molar-refractivity contribution in [1.82, 2.24) is 19.9 Å². The first kappa shape index (κ1) is 21.3. The molecule has 2 saturated heterocycles. The Morgan fingerprint density at radius 1 is 0.968 bits per heavy atom. The van der Waals surface area contributed by atoms with Crippen molar-refractivity contribution in [3.63, 3.8) is 0 Å². The highest BCUT2D eigenvalue weighted by Gasteiger charge is 2.28. The van der Waals surface area contributed by atoms with Crippen LogP contribution < -0.4 is 0 Å². The molecule has 0 radical (unpaired) electrons. The predicted molar refractivity (Wildman–Crippen MR) is 111 cm³/mol. The molecule has 1 aromatic carbocycles. The van der Waals surface area contributed by atoms with Crippen LogP contribution in [0.5, 0.6) is 0 Å². The molecule has 0 atom stereocenters. The second-order valence-corrected chi connectivity index (χ2v) is 8.25. The average Bonchev–Trinajstić information content (AvgIpc) is 3.20. The van der Waals surface area contributed by atoms with Gasteiger partial charge in [-0.25, -0.2) is 4.39 Å². The Morgan fingerprint density at radius 3 is 2.16 bits per heavy atom. The maximum atomic E-state index is 13.4. The van der Waals surface area contributed by atoms with Gasteiger partial charge in [-0.15, -0.1) is 0 Å². The first-order chi connectivity index (χ1) is 14.9. The van der Waals surface area contributed by atoms with Crippen LogP contribution in [0.25, 0.3) is 11.0 Å². The Hall–Kier alpha value is -2.97. The molecule has 4 rings (SSSR count). The van der Waals surface area contributed by atoms with Gasteiger partial charge in [-0.3, -0.25) is 14.4 Å². The number of hydrogen-bond donors (Lipinski definition) is 0. The van der Waals surface area contributed by atoms with E-state index in [1.165, 1.54) is 19.1 Å². The van der Waals surface area contributed by atoms with Gasteiger partial charge in [0.25, 0.3) is 0 Å². The molecule has 0 bridgehead atoms. The van der Waals surface area contributed by atoms with Crippen molar-refractivity contribution in [2.75, 3.05) is 39.3 Å². The molecule has 0 spiro atoms. The lowest BCUT2D eigenvalue weighted by atomic mass is 9.91. The maximum Gasteiger partial charge on any atom is 0.223 e. The smallest absolute Gasteiger partial charge is 0.223 e. The second-order valence-electron chi connectivity index (χ2n) is 8.25. The summed E-state index contributed by atoms with van der Waals surface area (Å²) < 4.78 is 18.6. The number of hydrogen-bond acceptors (Lipinski definition) is 5. The zero-order valence-electron chi connectivity index (χ0n) is 17.7. The molecule has 0 aliphatic carbocycles. The van der Waals surface area contributed by atoms with Crippen molar-refractivity contribution in [3.8, 4) is 0 Å². The van der Waals surface area contributed by atoms with Gasteiger partial charge in [0.05, 0.1) is 5.69 Å². The number of benzene rings is 1. The average molecular weight is 430 g/mol. The number of carbonyl (C=O) groups is 3. The molecule has 9 heteroatoms. The van der Waals surface area contributed by atoms with Crippen LogP contribution in [0.1, 0.15) is 44.2 Å². The summed E-state index contributed by atoms with van der Waals surface area (Å²) in [6.45, 7) is 4.87. The summed E-state index contributed by atoms with van der Waals surface area (Å²) in [6, 6.07) is 4.43. The molecular formula is C22H27FN4O4. The summed E-state index contributed by atoms with van der Waals surface area (Å²) in [4.78, 5) is 41.7. The number of carbonyl (C=O) groups excluding carboxylic acids is 3. The Kier molecular flexibility index (Phi) is 6.20. The largest absolute Gasteiger partial charge is 0.356 e. The van der Waals surface area contributed by atoms with E-state index in [9.17, 15) is 18.8 Å². The quantitative estimate of drug-likeness (QED) is 0.742. The standard InChI is InChI=1S/C22H27FN4O4/c1-15(28)25-10-12-27(13-11-25)21(30)5-4-20(29)26-8-6-16(7-9-26)22-18-3-2-17(23)14-19(18)31-24-22/h2-3,14,16H,4-13H2,1H3. The zero-order chi connectivity index (χ0) is 22.0. The number of amides is 3. The molecule has 0 unspecified atom stereocenters. The van der Waals surface area contributed by atoms with Gasteiger partial charge in [0.1, 0.15) is 5.82 Å². The number of halogens is 1. The fraction of sp³-hybridized carbons (Fsp3) is 0.545. The monoisotopic (exact) mass is 430 g/mol. The van der Waals surface area contributed by atoms with Gasteiger partial charge in [0.15, 0.2) is 5.58 Å². The molecule has 2 aliphatic rings. The third-order valence-electron chi connectivity index (χ3n) is 6.33. The second kappa shape index (κ2) is 9.03. The van der Waals surface area contributed by atoms with E-state index in [2.05, 4.69) is 5.16 Å². The van der Waals surface area contributed by atoms with Crippen molar-refractivity contribution in [2.24, 2.45) is 0 Å². The van der Waals surface area contributed by atoms with Gasteiger partial charge >= 0.3 is 0 Å². The van der Waals surface area contributed by atoms with Gasteiger partial charge in [-0.2, -0.15) is 0 Å².